The number of nitrogens with zero attached hydrogens (tertiary/aromatic N) is 1. The van der Waals surface area contributed by atoms with Crippen LogP contribution < -0.4 is 5.32 Å². The maximum absolute atomic E-state index is 11.0. The van der Waals surface area contributed by atoms with E-state index in [-0.39, 0.29) is 0 Å². The molecule has 0 radical (unpaired) electrons. The fraction of sp³-hybridized carbons (Fsp3) is 0.778. The zero-order chi connectivity index (χ0) is 13.0. The van der Waals surface area contributed by atoms with Gasteiger partial charge < -0.3 is 25.4 Å². The van der Waals surface area contributed by atoms with Crippen LogP contribution in [0.2, 0.25) is 0 Å². The van der Waals surface area contributed by atoms with E-state index in [0.717, 1.165) is 0 Å². The van der Waals surface area contributed by atoms with Crippen LogP contribution in [0.3, 0.4) is 0 Å². The van der Waals surface area contributed by atoms with Gasteiger partial charge in [-0.2, -0.15) is 4.99 Å². The molecule has 0 aromatic rings. The van der Waals surface area contributed by atoms with Gasteiger partial charge in [-0.05, 0) is 12.2 Å². The predicted octanol–water partition coefficient (Wildman–Crippen LogP) is -1.97. The summed E-state index contributed by atoms with van der Waals surface area (Å²) in [5.74, 6) is -0.406. The average molecular weight is 262 g/mol. The third-order valence-electron chi connectivity index (χ3n) is 2.45. The normalized spacial score (nSPS) is 37.1. The van der Waals surface area contributed by atoms with Crippen LogP contribution in [0.5, 0.6) is 0 Å². The van der Waals surface area contributed by atoms with Crippen molar-refractivity contribution in [3.8, 4) is 0 Å². The minimum atomic E-state index is -1.31. The third kappa shape index (κ3) is 3.29. The Labute approximate surface area is 103 Å². The minimum absolute atomic E-state index is 0.406. The van der Waals surface area contributed by atoms with Gasteiger partial charge in [0.05, 0.1) is 11.8 Å². The molecule has 7 nitrogen and oxygen atoms in total. The lowest BCUT2D eigenvalue weighted by molar-refractivity contribution is -0.192. The summed E-state index contributed by atoms with van der Waals surface area (Å²) >= 11 is 4.43. The zero-order valence-electron chi connectivity index (χ0n) is 9.11. The van der Waals surface area contributed by atoms with Crippen LogP contribution in [-0.4, -0.2) is 63.6 Å². The first-order valence-corrected chi connectivity index (χ1v) is 5.38. The Balaban J connectivity index is 2.90. The van der Waals surface area contributed by atoms with E-state index in [9.17, 15) is 15.0 Å². The van der Waals surface area contributed by atoms with Crippen LogP contribution in [0, 0.1) is 0 Å². The van der Waals surface area contributed by atoms with Crippen LogP contribution in [0.4, 0.5) is 0 Å². The molecule has 0 aromatic carbocycles. The van der Waals surface area contributed by atoms with Gasteiger partial charge in [-0.25, -0.2) is 0 Å². The first-order valence-electron chi connectivity index (χ1n) is 4.97. The van der Waals surface area contributed by atoms with E-state index in [2.05, 4.69) is 27.7 Å². The van der Waals surface area contributed by atoms with Crippen molar-refractivity contribution in [2.45, 2.75) is 37.5 Å². The molecule has 0 unspecified atom stereocenters. The predicted molar refractivity (Wildman–Crippen MR) is 60.4 cm³/mol. The lowest BCUT2D eigenvalue weighted by atomic mass is 9.96. The van der Waals surface area contributed by atoms with E-state index in [0.29, 0.717) is 0 Å². The lowest BCUT2D eigenvalue weighted by Crippen LogP contribution is -2.63. The number of ether oxygens (including phenoxy) is 1. The van der Waals surface area contributed by atoms with Crippen molar-refractivity contribution < 1.29 is 24.9 Å². The topological polar surface area (TPSA) is 111 Å². The van der Waals surface area contributed by atoms with Gasteiger partial charge in [0.2, 0.25) is 5.91 Å². The number of carbonyl (C=O) groups excluding carboxylic acids is 1. The molecule has 5 atom stereocenters. The Kier molecular flexibility index (Phi) is 5.13. The summed E-state index contributed by atoms with van der Waals surface area (Å²) in [6.07, 6.45) is -4.57. The molecule has 0 aromatic heterocycles. The number of nitrogens with one attached hydrogen (secondary N) is 1. The summed E-state index contributed by atoms with van der Waals surface area (Å²) in [5, 5.41) is 32.9. The van der Waals surface area contributed by atoms with Crippen LogP contribution in [0.25, 0.3) is 0 Å². The summed E-state index contributed by atoms with van der Waals surface area (Å²) in [6, 6.07) is -0.930. The number of thiocarbonyl (C=S) groups is 1. The average Bonchev–Trinajstić information content (AvgIpc) is 2.28. The van der Waals surface area contributed by atoms with Crippen molar-refractivity contribution in [1.82, 2.24) is 5.32 Å². The number of aliphatic hydroxyl groups is 3. The number of carbonyl (C=O) groups is 1. The maximum Gasteiger partial charge on any atom is 0.217 e. The standard InChI is InChI=1S/C9H14N2O5S/c1-4(13)11-6-8(15)7(14)5(2-12)16-9(6)10-3-17/h5-9,12,14-15H,2H2,1H3,(H,11,13)/t5-,6+,7+,8+,9+/m1/s1. The van der Waals surface area contributed by atoms with Gasteiger partial charge in [-0.3, -0.25) is 4.79 Å². The molecule has 0 bridgehead atoms. The van der Waals surface area contributed by atoms with Gasteiger partial charge in [0.1, 0.15) is 24.4 Å². The van der Waals surface area contributed by atoms with Gasteiger partial charge in [0, 0.05) is 6.92 Å². The fourth-order valence-electron chi connectivity index (χ4n) is 1.65. The molecule has 1 amide bonds. The summed E-state index contributed by atoms with van der Waals surface area (Å²) < 4.78 is 5.20. The Morgan fingerprint density at radius 1 is 1.53 bits per heavy atom. The molecule has 17 heavy (non-hydrogen) atoms. The minimum Gasteiger partial charge on any atom is -0.394 e. The van der Waals surface area contributed by atoms with E-state index >= 15 is 0 Å². The number of amides is 1. The highest BCUT2D eigenvalue weighted by molar-refractivity contribution is 7.78. The highest BCUT2D eigenvalue weighted by atomic mass is 32.1. The summed E-state index contributed by atoms with van der Waals surface area (Å²) in [5.41, 5.74) is 0. The molecular formula is C9H14N2O5S. The smallest absolute Gasteiger partial charge is 0.217 e. The van der Waals surface area contributed by atoms with Gasteiger partial charge in [0.25, 0.3) is 0 Å². The molecule has 4 N–H and O–H groups in total. The molecule has 1 saturated heterocycles. The number of aliphatic imine (C=N–C) groups is 1. The highest BCUT2D eigenvalue weighted by Gasteiger charge is 2.44. The molecule has 1 rings (SSSR count). The molecule has 1 fully saturated rings. The molecule has 0 saturated carbocycles. The Hall–Kier alpha value is -0.890. The molecule has 96 valence electrons. The molecule has 1 heterocycles. The number of isothiocyanates is 1. The molecule has 0 aliphatic carbocycles. The van der Waals surface area contributed by atoms with Gasteiger partial charge in [-0.15, -0.1) is 0 Å². The molecule has 8 heteroatoms. The SMILES string of the molecule is CC(=O)N[C@H]1[C@H](O)[C@@H](O)[C@@H](CO)O[C@@H]1N=C=S. The largest absolute Gasteiger partial charge is 0.394 e. The van der Waals surface area contributed by atoms with E-state index in [1.165, 1.54) is 6.92 Å². The second kappa shape index (κ2) is 6.15. The van der Waals surface area contributed by atoms with Crippen molar-refractivity contribution in [1.29, 1.82) is 0 Å². The van der Waals surface area contributed by atoms with Crippen molar-refractivity contribution in [3.63, 3.8) is 0 Å². The third-order valence-corrected chi connectivity index (χ3v) is 2.56. The Morgan fingerprint density at radius 2 is 2.18 bits per heavy atom. The van der Waals surface area contributed by atoms with E-state index < -0.39 is 43.1 Å². The summed E-state index contributed by atoms with van der Waals surface area (Å²) in [6.45, 7) is 0.782. The highest BCUT2D eigenvalue weighted by Crippen LogP contribution is 2.21. The number of hydrogen-bond donors (Lipinski definition) is 4. The monoisotopic (exact) mass is 262 g/mol. The number of aliphatic hydroxyl groups excluding tert-OH is 3. The van der Waals surface area contributed by atoms with Crippen LogP contribution in [0.1, 0.15) is 6.92 Å². The van der Waals surface area contributed by atoms with E-state index in [1.54, 1.807) is 0 Å². The number of hydrogen-bond acceptors (Lipinski definition) is 7. The molecule has 0 spiro atoms. The first-order chi connectivity index (χ1) is 8.01. The fourth-order valence-corrected chi connectivity index (χ4v) is 1.75. The van der Waals surface area contributed by atoms with Crippen molar-refractivity contribution >= 4 is 23.3 Å². The van der Waals surface area contributed by atoms with Gasteiger partial charge in [0.15, 0.2) is 6.23 Å². The summed E-state index contributed by atoms with van der Waals surface area (Å²) in [7, 11) is 0. The number of rotatable bonds is 3. The Morgan fingerprint density at radius 3 is 2.65 bits per heavy atom. The van der Waals surface area contributed by atoms with E-state index in [1.807, 2.05) is 0 Å². The van der Waals surface area contributed by atoms with Crippen LogP contribution in [0.15, 0.2) is 4.99 Å². The van der Waals surface area contributed by atoms with Gasteiger partial charge >= 0.3 is 0 Å². The lowest BCUT2D eigenvalue weighted by Gasteiger charge is -2.40. The van der Waals surface area contributed by atoms with Crippen molar-refractivity contribution in [2.24, 2.45) is 4.99 Å². The Bertz CT molecular complexity index is 333. The summed E-state index contributed by atoms with van der Waals surface area (Å²) in [4.78, 5) is 14.6. The van der Waals surface area contributed by atoms with Crippen molar-refractivity contribution in [2.75, 3.05) is 6.61 Å². The second-order valence-electron chi connectivity index (χ2n) is 3.68. The maximum atomic E-state index is 11.0. The van der Waals surface area contributed by atoms with E-state index in [4.69, 9.17) is 9.84 Å². The van der Waals surface area contributed by atoms with Gasteiger partial charge in [-0.1, -0.05) is 0 Å². The molecular weight excluding hydrogens is 248 g/mol. The first kappa shape index (κ1) is 14.2. The molecule has 1 aliphatic rings. The zero-order valence-corrected chi connectivity index (χ0v) is 9.92. The second-order valence-corrected chi connectivity index (χ2v) is 3.86. The van der Waals surface area contributed by atoms with Crippen molar-refractivity contribution in [3.05, 3.63) is 0 Å². The quantitative estimate of drug-likeness (QED) is 0.347. The van der Waals surface area contributed by atoms with Crippen LogP contribution >= 0.6 is 12.2 Å². The van der Waals surface area contributed by atoms with Crippen LogP contribution in [-0.2, 0) is 9.53 Å². The molecule has 1 aliphatic heterocycles.